The fraction of sp³-hybridized carbons (Fsp3) is 0.333. The first kappa shape index (κ1) is 13.6. The van der Waals surface area contributed by atoms with Crippen LogP contribution in [0.15, 0.2) is 27.8 Å². The summed E-state index contributed by atoms with van der Waals surface area (Å²) in [7, 11) is -3.42. The molecule has 2 aromatic rings. The zero-order chi connectivity index (χ0) is 13.5. The van der Waals surface area contributed by atoms with Crippen LogP contribution in [0.4, 0.5) is 0 Å². The molecule has 0 saturated heterocycles. The summed E-state index contributed by atoms with van der Waals surface area (Å²) in [4.78, 5) is 2.39. The maximum absolute atomic E-state index is 12.6. The van der Waals surface area contributed by atoms with E-state index in [0.717, 1.165) is 16.9 Å². The molecule has 3 nitrogen and oxygen atoms in total. The zero-order valence-corrected chi connectivity index (χ0v) is 13.2. The van der Waals surface area contributed by atoms with Gasteiger partial charge in [0.15, 0.2) is 0 Å². The fourth-order valence-electron chi connectivity index (χ4n) is 2.22. The average Bonchev–Trinajstić information content (AvgIpc) is 3.06. The summed E-state index contributed by atoms with van der Waals surface area (Å²) in [5.74, 6) is 0.240. The first-order valence-electron chi connectivity index (χ1n) is 5.80. The normalized spacial score (nSPS) is 16.5. The molecule has 0 radical (unpaired) electrons. The highest BCUT2D eigenvalue weighted by molar-refractivity contribution is 7.89. The Kier molecular flexibility index (Phi) is 3.70. The van der Waals surface area contributed by atoms with Gasteiger partial charge in [-0.3, -0.25) is 0 Å². The van der Waals surface area contributed by atoms with Gasteiger partial charge in [0.05, 0.1) is 10.8 Å². The second kappa shape index (κ2) is 5.18. The Morgan fingerprint density at radius 1 is 1.26 bits per heavy atom. The molecule has 0 saturated carbocycles. The maximum Gasteiger partial charge on any atom is 0.244 e. The van der Waals surface area contributed by atoms with Gasteiger partial charge in [0.25, 0.3) is 0 Å². The molecule has 19 heavy (non-hydrogen) atoms. The molecule has 0 bridgehead atoms. The summed E-state index contributed by atoms with van der Waals surface area (Å²) >= 11 is 8.91. The quantitative estimate of drug-likeness (QED) is 0.808. The number of halogens is 1. The lowest BCUT2D eigenvalue weighted by molar-refractivity contribution is 0.394. The van der Waals surface area contributed by atoms with E-state index in [9.17, 15) is 8.42 Å². The molecule has 1 aliphatic heterocycles. The molecule has 2 aromatic heterocycles. The van der Waals surface area contributed by atoms with E-state index in [1.165, 1.54) is 16.2 Å². The van der Waals surface area contributed by atoms with Crippen molar-refractivity contribution in [1.82, 2.24) is 4.31 Å². The van der Waals surface area contributed by atoms with Crippen molar-refractivity contribution >= 4 is 44.3 Å². The number of rotatable bonds is 3. The molecule has 0 aromatic carbocycles. The second-order valence-corrected chi connectivity index (χ2v) is 8.47. The van der Waals surface area contributed by atoms with Crippen molar-refractivity contribution in [3.8, 4) is 0 Å². The van der Waals surface area contributed by atoms with Gasteiger partial charge in [-0.2, -0.15) is 4.31 Å². The van der Waals surface area contributed by atoms with Gasteiger partial charge < -0.3 is 0 Å². The lowest BCUT2D eigenvalue weighted by Gasteiger charge is -2.26. The molecule has 0 atom stereocenters. The molecule has 0 N–H and O–H groups in total. The van der Waals surface area contributed by atoms with E-state index in [0.29, 0.717) is 18.0 Å². The van der Waals surface area contributed by atoms with Crippen LogP contribution in [0.5, 0.6) is 0 Å². The Labute approximate surface area is 125 Å². The van der Waals surface area contributed by atoms with Crippen molar-refractivity contribution in [1.29, 1.82) is 0 Å². The van der Waals surface area contributed by atoms with Crippen molar-refractivity contribution in [2.75, 3.05) is 6.54 Å². The van der Waals surface area contributed by atoms with Crippen LogP contribution in [0.25, 0.3) is 0 Å². The summed E-state index contributed by atoms with van der Waals surface area (Å²) in [6.07, 6.45) is 0.798. The van der Waals surface area contributed by atoms with Crippen LogP contribution < -0.4 is 0 Å². The van der Waals surface area contributed by atoms with Crippen LogP contribution in [-0.4, -0.2) is 19.3 Å². The number of hydrogen-bond donors (Lipinski definition) is 0. The number of alkyl halides is 1. The first-order chi connectivity index (χ1) is 9.13. The average molecular weight is 334 g/mol. The topological polar surface area (TPSA) is 37.4 Å². The Morgan fingerprint density at radius 2 is 2.05 bits per heavy atom. The zero-order valence-electron chi connectivity index (χ0n) is 10.0. The molecule has 7 heteroatoms. The van der Waals surface area contributed by atoms with E-state index in [-0.39, 0.29) is 5.88 Å². The van der Waals surface area contributed by atoms with Crippen LogP contribution in [0.1, 0.15) is 15.3 Å². The molecule has 0 unspecified atom stereocenters. The van der Waals surface area contributed by atoms with Crippen LogP contribution in [0.2, 0.25) is 0 Å². The Morgan fingerprint density at radius 3 is 2.84 bits per heavy atom. The number of hydrogen-bond acceptors (Lipinski definition) is 4. The van der Waals surface area contributed by atoms with Crippen molar-refractivity contribution in [2.24, 2.45) is 0 Å². The third-order valence-electron chi connectivity index (χ3n) is 3.22. The molecular formula is C12H12ClNO2S3. The smallest absolute Gasteiger partial charge is 0.207 e. The number of sulfonamides is 1. The Hall–Kier alpha value is -0.400. The summed E-state index contributed by atoms with van der Waals surface area (Å²) < 4.78 is 26.8. The van der Waals surface area contributed by atoms with Crippen molar-refractivity contribution in [3.05, 3.63) is 38.2 Å². The van der Waals surface area contributed by atoms with Gasteiger partial charge >= 0.3 is 0 Å². The van der Waals surface area contributed by atoms with Crippen LogP contribution in [0.3, 0.4) is 0 Å². The van der Waals surface area contributed by atoms with E-state index in [1.54, 1.807) is 27.1 Å². The predicted molar refractivity (Wildman–Crippen MR) is 79.5 cm³/mol. The largest absolute Gasteiger partial charge is 0.244 e. The third kappa shape index (κ3) is 2.36. The molecule has 0 amide bonds. The van der Waals surface area contributed by atoms with E-state index in [1.807, 2.05) is 11.4 Å². The van der Waals surface area contributed by atoms with Crippen molar-refractivity contribution in [3.63, 3.8) is 0 Å². The lowest BCUT2D eigenvalue weighted by Crippen LogP contribution is -2.35. The van der Waals surface area contributed by atoms with Gasteiger partial charge in [0, 0.05) is 22.8 Å². The minimum Gasteiger partial charge on any atom is -0.207 e. The van der Waals surface area contributed by atoms with E-state index >= 15 is 0 Å². The van der Waals surface area contributed by atoms with Gasteiger partial charge in [-0.25, -0.2) is 8.42 Å². The second-order valence-electron chi connectivity index (χ2n) is 4.30. The molecular weight excluding hydrogens is 322 g/mol. The van der Waals surface area contributed by atoms with Gasteiger partial charge in [-0.15, -0.1) is 34.3 Å². The summed E-state index contributed by atoms with van der Waals surface area (Å²) in [5, 5.41) is 3.81. The maximum atomic E-state index is 12.6. The van der Waals surface area contributed by atoms with E-state index in [2.05, 4.69) is 0 Å². The van der Waals surface area contributed by atoms with Crippen molar-refractivity contribution in [2.45, 2.75) is 23.7 Å². The molecule has 1 aliphatic rings. The summed E-state index contributed by atoms with van der Waals surface area (Å²) in [6, 6.07) is 3.67. The van der Waals surface area contributed by atoms with Crippen molar-refractivity contribution < 1.29 is 8.42 Å². The number of thiophene rings is 2. The summed E-state index contributed by atoms with van der Waals surface area (Å²) in [6.45, 7) is 1.02. The minimum absolute atomic E-state index is 0.240. The van der Waals surface area contributed by atoms with Gasteiger partial charge in [0.2, 0.25) is 10.0 Å². The molecule has 0 spiro atoms. The lowest BCUT2D eigenvalue weighted by atomic mass is 10.1. The standard InChI is InChI=1S/C12H12ClNO2S3/c13-7-11-12(3-6-18-11)19(15,16)14-4-1-10-9(8-14)2-5-17-10/h2-3,5-6H,1,4,7-8H2. The van der Waals surface area contributed by atoms with Crippen LogP contribution >= 0.6 is 34.3 Å². The highest BCUT2D eigenvalue weighted by Crippen LogP contribution is 2.31. The number of nitrogens with zero attached hydrogens (tertiary/aromatic N) is 1. The highest BCUT2D eigenvalue weighted by atomic mass is 35.5. The number of fused-ring (bicyclic) bond motifs is 1. The Balaban J connectivity index is 1.94. The summed E-state index contributed by atoms with van der Waals surface area (Å²) in [5.41, 5.74) is 1.13. The molecule has 102 valence electrons. The SMILES string of the molecule is O=S(=O)(c1ccsc1CCl)N1CCc2sccc2C1. The molecule has 3 heterocycles. The van der Waals surface area contributed by atoms with Gasteiger partial charge in [-0.1, -0.05) is 0 Å². The monoisotopic (exact) mass is 333 g/mol. The van der Waals surface area contributed by atoms with Gasteiger partial charge in [-0.05, 0) is 34.9 Å². The fourth-order valence-corrected chi connectivity index (χ4v) is 6.21. The van der Waals surface area contributed by atoms with Crippen LogP contribution in [0, 0.1) is 0 Å². The molecule has 3 rings (SSSR count). The Bertz CT molecular complexity index is 689. The minimum atomic E-state index is -3.42. The predicted octanol–water partition coefficient (Wildman–Crippen LogP) is 3.30. The molecule has 0 aliphatic carbocycles. The van der Waals surface area contributed by atoms with Gasteiger partial charge in [0.1, 0.15) is 0 Å². The molecule has 0 fully saturated rings. The van der Waals surface area contributed by atoms with Crippen LogP contribution in [-0.2, 0) is 28.9 Å². The van der Waals surface area contributed by atoms with E-state index < -0.39 is 10.0 Å². The van der Waals surface area contributed by atoms with E-state index in [4.69, 9.17) is 11.6 Å². The highest BCUT2D eigenvalue weighted by Gasteiger charge is 2.30. The first-order valence-corrected chi connectivity index (χ1v) is 9.54. The third-order valence-corrected chi connectivity index (χ3v) is 7.65.